The van der Waals surface area contributed by atoms with E-state index in [0.717, 1.165) is 18.9 Å². The average Bonchev–Trinajstić information content (AvgIpc) is 3.50. The molecule has 2 N–H and O–H groups in total. The van der Waals surface area contributed by atoms with Crippen molar-refractivity contribution in [1.82, 2.24) is 19.9 Å². The van der Waals surface area contributed by atoms with E-state index in [-0.39, 0.29) is 85.5 Å². The van der Waals surface area contributed by atoms with E-state index in [1.165, 1.54) is 18.3 Å². The Morgan fingerprint density at radius 1 is 1.00 bits per heavy atom. The minimum Gasteiger partial charge on any atom is -0.461 e. The van der Waals surface area contributed by atoms with Gasteiger partial charge in [-0.1, -0.05) is 53.9 Å². The minimum atomic E-state index is -2.48. The number of nitrogens with two attached hydrogens (primary N) is 1. The van der Waals surface area contributed by atoms with Crippen LogP contribution >= 0.6 is 0 Å². The number of hydrogen-bond acceptors (Lipinski definition) is 7. The number of anilines is 2. The number of halogens is 5. The minimum absolute atomic E-state index is 0.0581. The molecule has 2 aromatic carbocycles. The summed E-state index contributed by atoms with van der Waals surface area (Å²) < 4.78 is 103. The highest BCUT2D eigenvalue weighted by atomic mass is 28.3. The summed E-state index contributed by atoms with van der Waals surface area (Å²) in [7, 11) is -2.46. The van der Waals surface area contributed by atoms with Crippen molar-refractivity contribution in [3.05, 3.63) is 47.4 Å². The van der Waals surface area contributed by atoms with Gasteiger partial charge in [0, 0.05) is 48.3 Å². The number of rotatable bonds is 8. The predicted molar refractivity (Wildman–Crippen MR) is 214 cm³/mol. The number of hydrogen-bond donors (Lipinski definition) is 1. The zero-order valence-corrected chi connectivity index (χ0v) is 33.8. The molecule has 4 fully saturated rings. The monoisotopic (exact) mass is 792 g/mol. The number of ether oxygens (including phenoxy) is 1. The fourth-order valence-electron chi connectivity index (χ4n) is 10.4. The normalized spacial score (nSPS) is 26.0. The number of alkyl halides is 2. The summed E-state index contributed by atoms with van der Waals surface area (Å²) in [6.45, 7) is 11.2. The third kappa shape index (κ3) is 6.30. The Hall–Kier alpha value is -4.02. The second-order valence-electron chi connectivity index (χ2n) is 17.2. The van der Waals surface area contributed by atoms with Crippen molar-refractivity contribution in [2.24, 2.45) is 5.92 Å². The molecule has 3 saturated heterocycles. The predicted octanol–water partition coefficient (Wildman–Crippen LogP) is 9.70. The van der Waals surface area contributed by atoms with Gasteiger partial charge in [0.1, 0.15) is 44.0 Å². The van der Waals surface area contributed by atoms with Crippen LogP contribution in [0, 0.1) is 34.8 Å². The zero-order valence-electron chi connectivity index (χ0n) is 34.8. The van der Waals surface area contributed by atoms with Gasteiger partial charge >= 0.3 is 6.01 Å². The summed E-state index contributed by atoms with van der Waals surface area (Å²) in [5.74, 6) is -0.278. The lowest BCUT2D eigenvalue weighted by Crippen LogP contribution is -2.43. The highest BCUT2D eigenvalue weighted by molar-refractivity contribution is 6.90. The molecule has 1 saturated carbocycles. The molecular weight excluding hydrogens is 740 g/mol. The third-order valence-electron chi connectivity index (χ3n) is 13.1. The van der Waals surface area contributed by atoms with Gasteiger partial charge in [-0.3, -0.25) is 9.88 Å². The van der Waals surface area contributed by atoms with Gasteiger partial charge in [0.05, 0.1) is 25.3 Å². The van der Waals surface area contributed by atoms with Crippen LogP contribution in [-0.2, 0) is 0 Å². The van der Waals surface area contributed by atoms with Crippen LogP contribution in [0.5, 0.6) is 6.01 Å². The zero-order chi connectivity index (χ0) is 41.6. The Balaban J connectivity index is 1.34. The van der Waals surface area contributed by atoms with Gasteiger partial charge in [-0.25, -0.2) is 22.0 Å². The quantitative estimate of drug-likeness (QED) is 0.0824. The highest BCUT2D eigenvalue weighted by Gasteiger charge is 2.56. The van der Waals surface area contributed by atoms with Crippen LogP contribution in [0.1, 0.15) is 88.4 Å². The van der Waals surface area contributed by atoms with Crippen molar-refractivity contribution in [2.45, 2.75) is 121 Å². The molecule has 0 bridgehead atoms. The molecular formula is C43H51F5N6OSi. The first kappa shape index (κ1) is 36.3. The van der Waals surface area contributed by atoms with E-state index in [1.807, 2.05) is 0 Å². The van der Waals surface area contributed by atoms with Crippen LogP contribution in [0.4, 0.5) is 33.5 Å². The lowest BCUT2D eigenvalue weighted by molar-refractivity contribution is 0.107. The molecule has 3 aliphatic heterocycles. The molecule has 56 heavy (non-hydrogen) atoms. The molecule has 13 heteroatoms. The summed E-state index contributed by atoms with van der Waals surface area (Å²) in [4.78, 5) is 17.2. The first-order chi connectivity index (χ1) is 27.4. The molecule has 7 nitrogen and oxygen atoms in total. The lowest BCUT2D eigenvalue weighted by atomic mass is 9.95. The van der Waals surface area contributed by atoms with E-state index in [4.69, 9.17) is 13.2 Å². The number of pyridine rings is 1. The fourth-order valence-corrected chi connectivity index (χ4v) is 15.6. The molecule has 0 spiro atoms. The van der Waals surface area contributed by atoms with Crippen molar-refractivity contribution in [3.63, 3.8) is 0 Å². The van der Waals surface area contributed by atoms with Gasteiger partial charge < -0.3 is 15.4 Å². The van der Waals surface area contributed by atoms with Crippen LogP contribution in [0.3, 0.4) is 0 Å². The Morgan fingerprint density at radius 3 is 2.48 bits per heavy atom. The van der Waals surface area contributed by atoms with E-state index >= 15 is 17.6 Å². The van der Waals surface area contributed by atoms with Crippen molar-refractivity contribution < 1.29 is 29.4 Å². The molecule has 0 radical (unpaired) electrons. The number of benzene rings is 2. The standard InChI is InChI=1S/C43H51F5N6OSi/c1-23(2)56(24(3)4,25(5)6)15-11-29-34-26(17-33(45)35(29)46)16-28(49)18-31(34)38-37(48)39-32(20-50-38)41(54-14-8-7-10-30-36(47)40(30)54)52-42(51-39)55-22-43-12-9-13-53(43)21-27(44)19-43/h16-18,20,23-25,27,30,36,40H,7-10,12-14,19,21-22,49H2,1-6H3/t27-,30+,36-,40+,43+/m1/s1/i22D2. The van der Waals surface area contributed by atoms with Gasteiger partial charge in [-0.15, -0.1) is 5.54 Å². The van der Waals surface area contributed by atoms with Gasteiger partial charge in [-0.2, -0.15) is 9.97 Å². The maximum Gasteiger partial charge on any atom is 0.319 e. The summed E-state index contributed by atoms with van der Waals surface area (Å²) in [6.07, 6.45) is 2.13. The highest BCUT2D eigenvalue weighted by Crippen LogP contribution is 2.49. The van der Waals surface area contributed by atoms with Gasteiger partial charge in [0.2, 0.25) is 0 Å². The van der Waals surface area contributed by atoms with Crippen molar-refractivity contribution in [1.29, 1.82) is 0 Å². The van der Waals surface area contributed by atoms with E-state index in [0.29, 0.717) is 32.4 Å². The Bertz CT molecular complexity index is 2330. The maximum absolute atomic E-state index is 17.5. The summed E-state index contributed by atoms with van der Waals surface area (Å²) in [5, 5.41) is 0.474. The van der Waals surface area contributed by atoms with Crippen molar-refractivity contribution >= 4 is 41.3 Å². The number of nitrogens with zero attached hydrogens (tertiary/aromatic N) is 5. The van der Waals surface area contributed by atoms with Crippen LogP contribution in [0.15, 0.2) is 24.4 Å². The molecule has 0 amide bonds. The fraction of sp³-hybridized carbons (Fsp3) is 0.558. The summed E-state index contributed by atoms with van der Waals surface area (Å²) in [5.41, 5.74) is 8.53. The van der Waals surface area contributed by atoms with Gasteiger partial charge in [0.15, 0.2) is 17.5 Å². The van der Waals surface area contributed by atoms with E-state index < -0.39 is 62.0 Å². The Labute approximate surface area is 329 Å². The molecule has 2 aromatic heterocycles. The largest absolute Gasteiger partial charge is 0.461 e. The van der Waals surface area contributed by atoms with Crippen LogP contribution in [0.25, 0.3) is 32.9 Å². The molecule has 5 heterocycles. The molecule has 298 valence electrons. The number of aromatic nitrogens is 3. The van der Waals surface area contributed by atoms with E-state index in [1.54, 1.807) is 9.80 Å². The topological polar surface area (TPSA) is 80.4 Å². The first-order valence-electron chi connectivity index (χ1n) is 21.0. The third-order valence-corrected chi connectivity index (χ3v) is 19.4. The van der Waals surface area contributed by atoms with E-state index in [9.17, 15) is 4.39 Å². The van der Waals surface area contributed by atoms with Crippen LogP contribution < -0.4 is 15.4 Å². The number of fused-ring (bicyclic) bond motifs is 4. The molecule has 5 atom stereocenters. The van der Waals surface area contributed by atoms with Crippen LogP contribution in [0.2, 0.25) is 16.6 Å². The van der Waals surface area contributed by atoms with Gasteiger partial charge in [0.25, 0.3) is 0 Å². The smallest absolute Gasteiger partial charge is 0.319 e. The van der Waals surface area contributed by atoms with Gasteiger partial charge in [-0.05, 0) is 72.4 Å². The molecule has 4 aromatic rings. The summed E-state index contributed by atoms with van der Waals surface area (Å²) in [6, 6.07) is 2.92. The van der Waals surface area contributed by atoms with Crippen molar-refractivity contribution in [2.75, 3.05) is 36.8 Å². The van der Waals surface area contributed by atoms with Crippen LogP contribution in [-0.4, -0.2) is 78.0 Å². The lowest BCUT2D eigenvalue weighted by Gasteiger charge is -2.38. The number of nitrogen functional groups attached to an aromatic ring is 1. The molecule has 8 rings (SSSR count). The maximum atomic E-state index is 17.5. The second kappa shape index (κ2) is 14.4. The van der Waals surface area contributed by atoms with Crippen molar-refractivity contribution in [3.8, 4) is 28.7 Å². The Morgan fingerprint density at radius 2 is 1.75 bits per heavy atom. The first-order valence-corrected chi connectivity index (χ1v) is 22.2. The summed E-state index contributed by atoms with van der Waals surface area (Å²) >= 11 is 0. The van der Waals surface area contributed by atoms with E-state index in [2.05, 4.69) is 68.0 Å². The SMILES string of the molecule is [2H]C([2H])(Oc1nc(N2CCCC[C@H]3[C@@H](F)[C@H]32)c2cnc(-c3cc(N)cc4cc(F)c(F)c(C#C[Si](C(C)C)(C(C)C)C(C)C)c34)c(F)c2n1)[C@@]12CCCN1C[C@H](F)C2. The molecule has 4 aliphatic rings. The average molecular weight is 793 g/mol. The second-order valence-corrected chi connectivity index (χ2v) is 22.8. The molecule has 0 unspecified atom stereocenters. The molecule has 1 aliphatic carbocycles. The Kier molecular flexibility index (Phi) is 9.35.